The molecule has 9 heteroatoms. The molecule has 0 aliphatic carbocycles. The molecule has 238 valence electrons. The summed E-state index contributed by atoms with van der Waals surface area (Å²) in [6.45, 7) is 7.57. The molecule has 46 heavy (non-hydrogen) atoms. The largest absolute Gasteiger partial charge is 0.361 e. The first-order valence-corrected chi connectivity index (χ1v) is 16.7. The van der Waals surface area contributed by atoms with Gasteiger partial charge < -0.3 is 19.7 Å². The van der Waals surface area contributed by atoms with Crippen LogP contribution in [0, 0.1) is 5.92 Å². The Hall–Kier alpha value is -4.50. The zero-order chi connectivity index (χ0) is 31.6. The summed E-state index contributed by atoms with van der Waals surface area (Å²) in [5.74, 6) is 0.435. The van der Waals surface area contributed by atoms with Crippen LogP contribution in [0.3, 0.4) is 0 Å². The van der Waals surface area contributed by atoms with Gasteiger partial charge >= 0.3 is 0 Å². The van der Waals surface area contributed by atoms with E-state index in [-0.39, 0.29) is 23.6 Å². The van der Waals surface area contributed by atoms with Crippen LogP contribution in [0.5, 0.6) is 0 Å². The summed E-state index contributed by atoms with van der Waals surface area (Å²) in [6, 6.07) is 22.6. The molecule has 7 rings (SSSR count). The fraction of sp³-hybridized carbons (Fsp3) is 0.405. The minimum atomic E-state index is 0.0363. The number of rotatable bonds is 5. The maximum absolute atomic E-state index is 14.0. The highest BCUT2D eigenvalue weighted by Gasteiger charge is 2.34. The van der Waals surface area contributed by atoms with Crippen molar-refractivity contribution >= 4 is 28.6 Å². The molecule has 2 aromatic carbocycles. The third-order valence-corrected chi connectivity index (χ3v) is 10.2. The number of likely N-dealkylation sites (tertiary alicyclic amines) is 2. The third kappa shape index (κ3) is 6.29. The number of pyridine rings is 1. The lowest BCUT2D eigenvalue weighted by atomic mass is 9.93. The predicted molar refractivity (Wildman–Crippen MR) is 179 cm³/mol. The molecule has 5 heterocycles. The van der Waals surface area contributed by atoms with Gasteiger partial charge in [-0.25, -0.2) is 4.98 Å². The zero-order valence-corrected chi connectivity index (χ0v) is 26.5. The number of piperazine rings is 1. The molecular weight excluding hydrogens is 576 g/mol. The summed E-state index contributed by atoms with van der Waals surface area (Å²) in [5.41, 5.74) is 5.22. The summed E-state index contributed by atoms with van der Waals surface area (Å²) in [4.78, 5) is 55.5. The minimum absolute atomic E-state index is 0.0363. The Kier molecular flexibility index (Phi) is 8.58. The van der Waals surface area contributed by atoms with Gasteiger partial charge in [-0.1, -0.05) is 42.5 Å². The van der Waals surface area contributed by atoms with Crippen molar-refractivity contribution in [3.05, 3.63) is 78.5 Å². The van der Waals surface area contributed by atoms with Crippen molar-refractivity contribution in [3.8, 4) is 22.5 Å². The van der Waals surface area contributed by atoms with Gasteiger partial charge in [0.25, 0.3) is 5.91 Å². The zero-order valence-electron chi connectivity index (χ0n) is 26.5. The molecule has 9 nitrogen and oxygen atoms in total. The number of aromatic nitrogens is 2. The van der Waals surface area contributed by atoms with Crippen LogP contribution in [0.25, 0.3) is 33.4 Å². The number of nitrogens with zero attached hydrogens (tertiary/aromatic N) is 5. The maximum atomic E-state index is 14.0. The van der Waals surface area contributed by atoms with E-state index in [1.54, 1.807) is 6.92 Å². The predicted octanol–water partition coefficient (Wildman–Crippen LogP) is 4.90. The number of fused-ring (bicyclic) bond motifs is 1. The lowest BCUT2D eigenvalue weighted by molar-refractivity contribution is -0.141. The van der Waals surface area contributed by atoms with E-state index in [9.17, 15) is 14.4 Å². The standard InChI is InChI=1S/C37H42N6O3/c1-26(44)40-15-10-29(11-16-40)36(45)42-17-12-32(13-18-42)41-19-21-43(22-20-41)37(46)31-24-34(27-5-3-2-4-6-27)39-35(25-31)30-8-7-28-9-14-38-33(28)23-30/h2-9,14,23-25,29,32,38H,10-13,15-22H2,1H3. The quantitative estimate of drug-likeness (QED) is 0.344. The van der Waals surface area contributed by atoms with Crippen molar-refractivity contribution < 1.29 is 14.4 Å². The van der Waals surface area contributed by atoms with Crippen molar-refractivity contribution in [2.24, 2.45) is 5.92 Å². The SMILES string of the molecule is CC(=O)N1CCC(C(=O)N2CCC(N3CCN(C(=O)c4cc(-c5ccccc5)nc(-c5ccc6cc[nH]c6c5)c4)CC3)CC2)CC1. The lowest BCUT2D eigenvalue weighted by Crippen LogP contribution is -2.55. The number of carbonyl (C=O) groups excluding carboxylic acids is 3. The van der Waals surface area contributed by atoms with Crippen LogP contribution in [-0.2, 0) is 9.59 Å². The van der Waals surface area contributed by atoms with Gasteiger partial charge in [0.05, 0.1) is 11.4 Å². The van der Waals surface area contributed by atoms with E-state index in [0.717, 1.165) is 85.3 Å². The number of piperidine rings is 2. The lowest BCUT2D eigenvalue weighted by Gasteiger charge is -2.43. The molecule has 0 spiro atoms. The van der Waals surface area contributed by atoms with Crippen LogP contribution >= 0.6 is 0 Å². The van der Waals surface area contributed by atoms with Crippen molar-refractivity contribution in [1.82, 2.24) is 29.6 Å². The molecule has 3 amide bonds. The molecule has 0 saturated carbocycles. The third-order valence-electron chi connectivity index (χ3n) is 10.2. The Balaban J connectivity index is 0.987. The fourth-order valence-corrected chi connectivity index (χ4v) is 7.39. The number of nitrogens with one attached hydrogen (secondary N) is 1. The second-order valence-corrected chi connectivity index (χ2v) is 12.9. The normalized spacial score (nSPS) is 18.7. The first kappa shape index (κ1) is 30.2. The van der Waals surface area contributed by atoms with Gasteiger partial charge in [0, 0.05) is 99.6 Å². The number of carbonyl (C=O) groups is 3. The van der Waals surface area contributed by atoms with E-state index in [0.29, 0.717) is 37.8 Å². The van der Waals surface area contributed by atoms with Gasteiger partial charge in [0.15, 0.2) is 0 Å². The number of hydrogen-bond donors (Lipinski definition) is 1. The molecule has 4 aromatic rings. The molecule has 0 bridgehead atoms. The average Bonchev–Trinajstić information content (AvgIpc) is 3.60. The Morgan fingerprint density at radius 3 is 2.07 bits per heavy atom. The topological polar surface area (TPSA) is 92.9 Å². The Morgan fingerprint density at radius 2 is 1.37 bits per heavy atom. The number of benzene rings is 2. The number of H-pyrrole nitrogens is 1. The van der Waals surface area contributed by atoms with Gasteiger partial charge in [0.1, 0.15) is 0 Å². The van der Waals surface area contributed by atoms with Crippen LogP contribution in [-0.4, -0.2) is 106 Å². The number of amides is 3. The van der Waals surface area contributed by atoms with Gasteiger partial charge in [-0.2, -0.15) is 0 Å². The van der Waals surface area contributed by atoms with Crippen molar-refractivity contribution in [2.45, 2.75) is 38.6 Å². The van der Waals surface area contributed by atoms with Crippen LogP contribution in [0.4, 0.5) is 0 Å². The Morgan fingerprint density at radius 1 is 0.696 bits per heavy atom. The molecule has 3 fully saturated rings. The van der Waals surface area contributed by atoms with E-state index in [1.807, 2.05) is 69.4 Å². The summed E-state index contributed by atoms with van der Waals surface area (Å²) in [7, 11) is 0. The van der Waals surface area contributed by atoms with E-state index in [2.05, 4.69) is 28.1 Å². The average molecular weight is 619 g/mol. The van der Waals surface area contributed by atoms with E-state index in [4.69, 9.17) is 4.98 Å². The molecule has 0 atom stereocenters. The van der Waals surface area contributed by atoms with Crippen molar-refractivity contribution in [2.75, 3.05) is 52.4 Å². The summed E-state index contributed by atoms with van der Waals surface area (Å²) in [6.07, 6.45) is 5.39. The van der Waals surface area contributed by atoms with E-state index in [1.165, 1.54) is 0 Å². The minimum Gasteiger partial charge on any atom is -0.361 e. The van der Waals surface area contributed by atoms with E-state index < -0.39 is 0 Å². The highest BCUT2D eigenvalue weighted by atomic mass is 16.2. The molecule has 3 saturated heterocycles. The summed E-state index contributed by atoms with van der Waals surface area (Å²) < 4.78 is 0. The number of aromatic amines is 1. The van der Waals surface area contributed by atoms with Crippen LogP contribution < -0.4 is 0 Å². The maximum Gasteiger partial charge on any atom is 0.254 e. The Bertz CT molecular complexity index is 1710. The summed E-state index contributed by atoms with van der Waals surface area (Å²) >= 11 is 0. The van der Waals surface area contributed by atoms with Crippen LogP contribution in [0.15, 0.2) is 72.9 Å². The van der Waals surface area contributed by atoms with Crippen LogP contribution in [0.2, 0.25) is 0 Å². The first-order chi connectivity index (χ1) is 22.4. The second kappa shape index (κ2) is 13.1. The van der Waals surface area contributed by atoms with Gasteiger partial charge in [-0.05, 0) is 55.3 Å². The molecular formula is C37H42N6O3. The van der Waals surface area contributed by atoms with Crippen molar-refractivity contribution in [3.63, 3.8) is 0 Å². The fourth-order valence-electron chi connectivity index (χ4n) is 7.39. The molecule has 3 aliphatic heterocycles. The van der Waals surface area contributed by atoms with Crippen molar-refractivity contribution in [1.29, 1.82) is 0 Å². The highest BCUT2D eigenvalue weighted by Crippen LogP contribution is 2.29. The molecule has 0 radical (unpaired) electrons. The summed E-state index contributed by atoms with van der Waals surface area (Å²) in [5, 5.41) is 1.14. The molecule has 0 unspecified atom stereocenters. The molecule has 2 aromatic heterocycles. The smallest absolute Gasteiger partial charge is 0.254 e. The first-order valence-electron chi connectivity index (χ1n) is 16.7. The Labute approximate surface area is 270 Å². The van der Waals surface area contributed by atoms with Gasteiger partial charge in [-0.3, -0.25) is 19.3 Å². The van der Waals surface area contributed by atoms with Crippen LogP contribution in [0.1, 0.15) is 43.0 Å². The second-order valence-electron chi connectivity index (χ2n) is 12.9. The van der Waals surface area contributed by atoms with Gasteiger partial charge in [-0.15, -0.1) is 0 Å². The monoisotopic (exact) mass is 618 g/mol. The molecule has 3 aliphatic rings. The number of hydrogen-bond acceptors (Lipinski definition) is 5. The highest BCUT2D eigenvalue weighted by molar-refractivity contribution is 5.97. The molecule has 1 N–H and O–H groups in total. The van der Waals surface area contributed by atoms with E-state index >= 15 is 0 Å². The van der Waals surface area contributed by atoms with Gasteiger partial charge in [0.2, 0.25) is 11.8 Å².